The van der Waals surface area contributed by atoms with Gasteiger partial charge in [-0.1, -0.05) is 30.3 Å². The van der Waals surface area contributed by atoms with Gasteiger partial charge < -0.3 is 4.90 Å². The van der Waals surface area contributed by atoms with E-state index < -0.39 is 15.1 Å². The van der Waals surface area contributed by atoms with E-state index in [1.165, 1.54) is 11.3 Å². The highest BCUT2D eigenvalue weighted by Gasteiger charge is 2.32. The quantitative estimate of drug-likeness (QED) is 0.678. The number of amides is 1. The summed E-state index contributed by atoms with van der Waals surface area (Å²) in [6, 6.07) is 14.7. The maximum atomic E-state index is 12.9. The van der Waals surface area contributed by atoms with Gasteiger partial charge in [0.2, 0.25) is 0 Å². The third-order valence-corrected chi connectivity index (χ3v) is 7.70. The largest absolute Gasteiger partial charge is 0.338 e. The van der Waals surface area contributed by atoms with Crippen molar-refractivity contribution >= 4 is 37.3 Å². The van der Waals surface area contributed by atoms with Crippen LogP contribution in [0.1, 0.15) is 27.6 Å². The summed E-state index contributed by atoms with van der Waals surface area (Å²) in [7, 11) is -3.29. The average Bonchev–Trinajstić information content (AvgIpc) is 3.05. The van der Waals surface area contributed by atoms with Crippen molar-refractivity contribution in [1.29, 1.82) is 0 Å². The van der Waals surface area contributed by atoms with Crippen LogP contribution >= 0.6 is 11.3 Å². The molecule has 134 valence electrons. The number of hydrogen-bond donors (Lipinski definition) is 0. The van der Waals surface area contributed by atoms with Crippen LogP contribution in [-0.2, 0) is 9.84 Å². The van der Waals surface area contributed by atoms with Crippen molar-refractivity contribution < 1.29 is 13.2 Å². The van der Waals surface area contributed by atoms with Gasteiger partial charge in [0.1, 0.15) is 0 Å². The van der Waals surface area contributed by atoms with Gasteiger partial charge in [-0.15, -0.1) is 11.3 Å². The molecule has 3 aromatic rings. The van der Waals surface area contributed by atoms with Crippen LogP contribution in [0.5, 0.6) is 0 Å². The maximum absolute atomic E-state index is 12.9. The fraction of sp³-hybridized carbons (Fsp3) is 0.263. The summed E-state index contributed by atoms with van der Waals surface area (Å²) in [4.78, 5) is 18.8. The Hall–Kier alpha value is -2.25. The fourth-order valence-electron chi connectivity index (χ4n) is 3.36. The van der Waals surface area contributed by atoms with Crippen LogP contribution in [0.3, 0.4) is 0 Å². The molecule has 1 atom stereocenters. The number of hydrogen-bond acceptors (Lipinski definition) is 5. The molecule has 7 heteroatoms. The molecule has 4 rings (SSSR count). The minimum Gasteiger partial charge on any atom is -0.338 e. The van der Waals surface area contributed by atoms with Gasteiger partial charge in [0.05, 0.1) is 26.7 Å². The molecule has 0 N–H and O–H groups in total. The summed E-state index contributed by atoms with van der Waals surface area (Å²) >= 11 is 1.49. The average molecular weight is 386 g/mol. The van der Waals surface area contributed by atoms with Gasteiger partial charge in [-0.2, -0.15) is 0 Å². The first-order valence-electron chi connectivity index (χ1n) is 8.44. The molecule has 5 nitrogen and oxygen atoms in total. The van der Waals surface area contributed by atoms with Gasteiger partial charge in [-0.25, -0.2) is 13.4 Å². The highest BCUT2D eigenvalue weighted by molar-refractivity contribution is 7.91. The highest BCUT2D eigenvalue weighted by Crippen LogP contribution is 2.30. The number of fused-ring (bicyclic) bond motifs is 1. The zero-order chi connectivity index (χ0) is 18.1. The molecule has 0 bridgehead atoms. The van der Waals surface area contributed by atoms with E-state index >= 15 is 0 Å². The van der Waals surface area contributed by atoms with Crippen molar-refractivity contribution in [2.45, 2.75) is 11.7 Å². The fourth-order valence-corrected chi connectivity index (χ4v) is 5.87. The number of thiazole rings is 1. The standard InChI is InChI=1S/C19H18N2O3S2/c22-19(15-6-7-16-17(12-15)25-13-20-16)21-9-8-18(26(23,24)11-10-21)14-4-2-1-3-5-14/h1-7,12-13,18H,8-11H2/t18-/m0/s1. The lowest BCUT2D eigenvalue weighted by atomic mass is 10.1. The van der Waals surface area contributed by atoms with E-state index in [1.54, 1.807) is 16.5 Å². The topological polar surface area (TPSA) is 67.3 Å². The summed E-state index contributed by atoms with van der Waals surface area (Å²) in [6.07, 6.45) is 0.418. The number of aromatic nitrogens is 1. The molecule has 0 unspecified atom stereocenters. The van der Waals surface area contributed by atoms with Crippen molar-refractivity contribution in [3.05, 3.63) is 65.2 Å². The lowest BCUT2D eigenvalue weighted by Crippen LogP contribution is -2.33. The molecule has 0 aliphatic carbocycles. The molecule has 1 saturated heterocycles. The molecule has 1 aliphatic rings. The maximum Gasteiger partial charge on any atom is 0.253 e. The summed E-state index contributed by atoms with van der Waals surface area (Å²) in [5, 5.41) is -0.550. The van der Waals surface area contributed by atoms with Crippen LogP contribution < -0.4 is 0 Å². The van der Waals surface area contributed by atoms with Gasteiger partial charge in [-0.3, -0.25) is 4.79 Å². The van der Waals surface area contributed by atoms with E-state index in [-0.39, 0.29) is 18.2 Å². The molecular weight excluding hydrogens is 368 g/mol. The molecule has 0 spiro atoms. The first-order valence-corrected chi connectivity index (χ1v) is 11.0. The van der Waals surface area contributed by atoms with Crippen LogP contribution in [-0.4, -0.2) is 43.1 Å². The second kappa shape index (κ2) is 6.81. The number of sulfone groups is 1. The third kappa shape index (κ3) is 3.24. The van der Waals surface area contributed by atoms with E-state index in [0.717, 1.165) is 15.8 Å². The van der Waals surface area contributed by atoms with Crippen molar-refractivity contribution in [3.63, 3.8) is 0 Å². The molecular formula is C19H18N2O3S2. The van der Waals surface area contributed by atoms with E-state index in [2.05, 4.69) is 4.98 Å². The second-order valence-electron chi connectivity index (χ2n) is 6.38. The summed E-state index contributed by atoms with van der Waals surface area (Å²) < 4.78 is 26.4. The Morgan fingerprint density at radius 3 is 2.73 bits per heavy atom. The smallest absolute Gasteiger partial charge is 0.253 e. The van der Waals surface area contributed by atoms with Crippen molar-refractivity contribution in [1.82, 2.24) is 9.88 Å². The van der Waals surface area contributed by atoms with Gasteiger partial charge in [0, 0.05) is 18.7 Å². The van der Waals surface area contributed by atoms with E-state index in [1.807, 2.05) is 42.5 Å². The van der Waals surface area contributed by atoms with Crippen LogP contribution in [0.25, 0.3) is 10.2 Å². The minimum atomic E-state index is -3.29. The van der Waals surface area contributed by atoms with E-state index in [4.69, 9.17) is 0 Å². The molecule has 2 aromatic carbocycles. The molecule has 0 radical (unpaired) electrons. The van der Waals surface area contributed by atoms with Gasteiger partial charge >= 0.3 is 0 Å². The normalized spacial score (nSPS) is 20.0. The molecule has 0 saturated carbocycles. The Balaban J connectivity index is 1.58. The number of benzene rings is 2. The first-order chi connectivity index (χ1) is 12.5. The van der Waals surface area contributed by atoms with Gasteiger partial charge in [-0.05, 0) is 30.2 Å². The van der Waals surface area contributed by atoms with Crippen molar-refractivity contribution in [3.8, 4) is 0 Å². The minimum absolute atomic E-state index is 0.0128. The van der Waals surface area contributed by atoms with Gasteiger partial charge in [0.25, 0.3) is 5.91 Å². The van der Waals surface area contributed by atoms with Crippen LogP contribution in [0.15, 0.2) is 54.0 Å². The molecule has 2 heterocycles. The van der Waals surface area contributed by atoms with Crippen LogP contribution in [0.2, 0.25) is 0 Å². The Kier molecular flexibility index (Phi) is 4.50. The SMILES string of the molecule is O=C(c1ccc2ncsc2c1)N1CC[C@@H](c2ccccc2)S(=O)(=O)CC1. The molecule has 1 fully saturated rings. The Bertz CT molecular complexity index is 1040. The lowest BCUT2D eigenvalue weighted by Gasteiger charge is -2.20. The predicted molar refractivity (Wildman–Crippen MR) is 103 cm³/mol. The number of carbonyl (C=O) groups excluding carboxylic acids is 1. The zero-order valence-corrected chi connectivity index (χ0v) is 15.7. The summed E-state index contributed by atoms with van der Waals surface area (Å²) in [6.45, 7) is 0.656. The lowest BCUT2D eigenvalue weighted by molar-refractivity contribution is 0.0767. The zero-order valence-electron chi connectivity index (χ0n) is 14.0. The molecule has 1 aromatic heterocycles. The Morgan fingerprint density at radius 2 is 1.92 bits per heavy atom. The summed E-state index contributed by atoms with van der Waals surface area (Å²) in [5.41, 5.74) is 4.00. The van der Waals surface area contributed by atoms with E-state index in [0.29, 0.717) is 18.5 Å². The molecule has 1 aliphatic heterocycles. The highest BCUT2D eigenvalue weighted by atomic mass is 32.2. The first kappa shape index (κ1) is 17.2. The number of nitrogens with zero attached hydrogens (tertiary/aromatic N) is 2. The summed E-state index contributed by atoms with van der Waals surface area (Å²) in [5.74, 6) is -0.134. The van der Waals surface area contributed by atoms with Crippen LogP contribution in [0.4, 0.5) is 0 Å². The van der Waals surface area contributed by atoms with Crippen LogP contribution in [0, 0.1) is 0 Å². The van der Waals surface area contributed by atoms with Gasteiger partial charge in [0.15, 0.2) is 9.84 Å². The van der Waals surface area contributed by atoms with Crippen molar-refractivity contribution in [2.75, 3.05) is 18.8 Å². The Morgan fingerprint density at radius 1 is 1.12 bits per heavy atom. The number of rotatable bonds is 2. The molecule has 26 heavy (non-hydrogen) atoms. The number of carbonyl (C=O) groups is 1. The van der Waals surface area contributed by atoms with Crippen molar-refractivity contribution in [2.24, 2.45) is 0 Å². The Labute approximate surface area is 156 Å². The predicted octanol–water partition coefficient (Wildman–Crippen LogP) is 3.30. The molecule has 1 amide bonds. The third-order valence-electron chi connectivity index (χ3n) is 4.78. The second-order valence-corrected chi connectivity index (χ2v) is 9.57. The monoisotopic (exact) mass is 386 g/mol. The van der Waals surface area contributed by atoms with E-state index in [9.17, 15) is 13.2 Å².